The van der Waals surface area contributed by atoms with Crippen LogP contribution in [0.15, 0.2) is 52.3 Å². The molecule has 0 saturated carbocycles. The molecule has 2 aromatic carbocycles. The van der Waals surface area contributed by atoms with Crippen molar-refractivity contribution in [1.29, 1.82) is 0 Å². The van der Waals surface area contributed by atoms with Gasteiger partial charge in [-0.25, -0.2) is 0 Å². The van der Waals surface area contributed by atoms with Crippen LogP contribution in [0.3, 0.4) is 0 Å². The van der Waals surface area contributed by atoms with Crippen molar-refractivity contribution in [2.75, 3.05) is 7.11 Å². The van der Waals surface area contributed by atoms with Gasteiger partial charge in [-0.3, -0.25) is 4.79 Å². The van der Waals surface area contributed by atoms with E-state index in [1.54, 1.807) is 18.9 Å². The predicted octanol–water partition coefficient (Wildman–Crippen LogP) is 4.04. The molecule has 3 nitrogen and oxygen atoms in total. The molecule has 0 aliphatic carbocycles. The van der Waals surface area contributed by atoms with Gasteiger partial charge in [0.05, 0.1) is 18.4 Å². The molecule has 0 spiro atoms. The van der Waals surface area contributed by atoms with Crippen molar-refractivity contribution in [3.63, 3.8) is 0 Å². The summed E-state index contributed by atoms with van der Waals surface area (Å²) in [5.74, 6) is 0.0567. The van der Waals surface area contributed by atoms with E-state index < -0.39 is 5.97 Å². The van der Waals surface area contributed by atoms with Crippen molar-refractivity contribution in [2.45, 2.75) is 29.6 Å². The maximum Gasteiger partial charge on any atom is 0.307 e. The van der Waals surface area contributed by atoms with Gasteiger partial charge in [-0.15, -0.1) is 0 Å². The number of carboxylic acids is 1. The molecule has 4 heteroatoms. The number of aliphatic carboxylic acids is 1. The van der Waals surface area contributed by atoms with Crippen LogP contribution in [0.2, 0.25) is 0 Å². The summed E-state index contributed by atoms with van der Waals surface area (Å²) >= 11 is 1.61. The molecule has 0 fully saturated rings. The van der Waals surface area contributed by atoms with Gasteiger partial charge in [-0.2, -0.15) is 0 Å². The lowest BCUT2D eigenvalue weighted by molar-refractivity contribution is -0.136. The van der Waals surface area contributed by atoms with E-state index >= 15 is 0 Å². The molecule has 0 radical (unpaired) electrons. The third-order valence-corrected chi connectivity index (χ3v) is 4.21. The molecular weight excluding hydrogens is 284 g/mol. The summed E-state index contributed by atoms with van der Waals surface area (Å²) in [5.41, 5.74) is 2.05. The van der Waals surface area contributed by atoms with Gasteiger partial charge >= 0.3 is 5.97 Å². The second-order valence-electron chi connectivity index (χ2n) is 4.66. The molecule has 0 aliphatic rings. The SMILES string of the molecule is CCc1ccc(Sc2ccc(CC(=O)O)cc2)c(OC)c1. The van der Waals surface area contributed by atoms with E-state index in [1.165, 1.54) is 5.56 Å². The van der Waals surface area contributed by atoms with Crippen LogP contribution >= 0.6 is 11.8 Å². The van der Waals surface area contributed by atoms with Gasteiger partial charge in [-0.05, 0) is 41.8 Å². The highest BCUT2D eigenvalue weighted by Gasteiger charge is 2.07. The fourth-order valence-corrected chi connectivity index (χ4v) is 2.90. The second-order valence-corrected chi connectivity index (χ2v) is 5.77. The summed E-state index contributed by atoms with van der Waals surface area (Å²) in [6.07, 6.45) is 1.03. The highest BCUT2D eigenvalue weighted by Crippen LogP contribution is 2.35. The Morgan fingerprint density at radius 1 is 1.14 bits per heavy atom. The number of aryl methyl sites for hydroxylation is 1. The molecule has 0 unspecified atom stereocenters. The van der Waals surface area contributed by atoms with Gasteiger partial charge in [0.2, 0.25) is 0 Å². The highest BCUT2D eigenvalue weighted by molar-refractivity contribution is 7.99. The van der Waals surface area contributed by atoms with Crippen LogP contribution in [-0.2, 0) is 17.6 Å². The van der Waals surface area contributed by atoms with Gasteiger partial charge in [-0.1, -0.05) is 36.9 Å². The summed E-state index contributed by atoms with van der Waals surface area (Å²) in [6.45, 7) is 2.11. The van der Waals surface area contributed by atoms with Crippen molar-refractivity contribution in [3.05, 3.63) is 53.6 Å². The zero-order valence-corrected chi connectivity index (χ0v) is 12.9. The topological polar surface area (TPSA) is 46.5 Å². The van der Waals surface area contributed by atoms with E-state index in [-0.39, 0.29) is 6.42 Å². The number of hydrogen-bond acceptors (Lipinski definition) is 3. The first kappa shape index (κ1) is 15.4. The Bertz CT molecular complexity index is 620. The van der Waals surface area contributed by atoms with E-state index in [0.29, 0.717) is 0 Å². The maximum absolute atomic E-state index is 10.7. The van der Waals surface area contributed by atoms with Gasteiger partial charge in [0.15, 0.2) is 0 Å². The molecule has 21 heavy (non-hydrogen) atoms. The molecule has 0 atom stereocenters. The number of methoxy groups -OCH3 is 1. The molecule has 0 bridgehead atoms. The third-order valence-electron chi connectivity index (χ3n) is 3.14. The zero-order valence-electron chi connectivity index (χ0n) is 12.1. The van der Waals surface area contributed by atoms with Crippen LogP contribution in [0.5, 0.6) is 5.75 Å². The number of hydrogen-bond donors (Lipinski definition) is 1. The Balaban J connectivity index is 2.16. The average Bonchev–Trinajstić information content (AvgIpc) is 2.49. The number of carbonyl (C=O) groups is 1. The van der Waals surface area contributed by atoms with Crippen molar-refractivity contribution >= 4 is 17.7 Å². The molecule has 110 valence electrons. The quantitative estimate of drug-likeness (QED) is 0.875. The molecular formula is C17H18O3S. The molecule has 2 rings (SSSR count). The van der Waals surface area contributed by atoms with Gasteiger partial charge in [0.25, 0.3) is 0 Å². The Kier molecular flexibility index (Phi) is 5.28. The Hall–Kier alpha value is -1.94. The van der Waals surface area contributed by atoms with Crippen LogP contribution < -0.4 is 4.74 Å². The first-order valence-corrected chi connectivity index (χ1v) is 7.59. The summed E-state index contributed by atoms with van der Waals surface area (Å²) in [7, 11) is 1.68. The molecule has 0 aliphatic heterocycles. The standard InChI is InChI=1S/C17H18O3S/c1-3-12-6-9-16(15(10-12)20-2)21-14-7-4-13(5-8-14)11-17(18)19/h4-10H,3,11H2,1-2H3,(H,18,19). The van der Waals surface area contributed by atoms with Crippen LogP contribution in [0.25, 0.3) is 0 Å². The van der Waals surface area contributed by atoms with Crippen molar-refractivity contribution in [2.24, 2.45) is 0 Å². The number of benzene rings is 2. The van der Waals surface area contributed by atoms with Crippen LogP contribution in [0.1, 0.15) is 18.1 Å². The average molecular weight is 302 g/mol. The molecule has 0 aromatic heterocycles. The lowest BCUT2D eigenvalue weighted by Crippen LogP contribution is -1.99. The Labute approximate surface area is 129 Å². The molecule has 0 heterocycles. The summed E-state index contributed by atoms with van der Waals surface area (Å²) in [5, 5.41) is 8.77. The third kappa shape index (κ3) is 4.26. The Morgan fingerprint density at radius 2 is 1.81 bits per heavy atom. The first-order valence-electron chi connectivity index (χ1n) is 6.78. The van der Waals surface area contributed by atoms with Crippen LogP contribution in [0, 0.1) is 0 Å². The van der Waals surface area contributed by atoms with Gasteiger partial charge < -0.3 is 9.84 Å². The lowest BCUT2D eigenvalue weighted by Gasteiger charge is -2.10. The number of carboxylic acid groups (broad SMARTS) is 1. The van der Waals surface area contributed by atoms with E-state index in [1.807, 2.05) is 24.3 Å². The highest BCUT2D eigenvalue weighted by atomic mass is 32.2. The van der Waals surface area contributed by atoms with Crippen molar-refractivity contribution in [1.82, 2.24) is 0 Å². The van der Waals surface area contributed by atoms with Crippen LogP contribution in [0.4, 0.5) is 0 Å². The molecule has 0 amide bonds. The Morgan fingerprint density at radius 3 is 2.38 bits per heavy atom. The van der Waals surface area contributed by atoms with Crippen molar-refractivity contribution in [3.8, 4) is 5.75 Å². The monoisotopic (exact) mass is 302 g/mol. The molecule has 1 N–H and O–H groups in total. The van der Waals surface area contributed by atoms with E-state index in [0.717, 1.165) is 27.5 Å². The predicted molar refractivity (Wildman–Crippen MR) is 84.3 cm³/mol. The van der Waals surface area contributed by atoms with Crippen LogP contribution in [-0.4, -0.2) is 18.2 Å². The van der Waals surface area contributed by atoms with E-state index in [9.17, 15) is 4.79 Å². The summed E-state index contributed by atoms with van der Waals surface area (Å²) in [6, 6.07) is 13.8. The molecule has 2 aromatic rings. The smallest absolute Gasteiger partial charge is 0.307 e. The minimum absolute atomic E-state index is 0.0550. The van der Waals surface area contributed by atoms with E-state index in [4.69, 9.17) is 9.84 Å². The largest absolute Gasteiger partial charge is 0.496 e. The normalized spacial score (nSPS) is 10.4. The zero-order chi connectivity index (χ0) is 15.2. The summed E-state index contributed by atoms with van der Waals surface area (Å²) in [4.78, 5) is 12.8. The molecule has 0 saturated heterocycles. The minimum Gasteiger partial charge on any atom is -0.496 e. The lowest BCUT2D eigenvalue weighted by atomic mass is 10.1. The van der Waals surface area contributed by atoms with Gasteiger partial charge in [0, 0.05) is 4.90 Å². The fraction of sp³-hybridized carbons (Fsp3) is 0.235. The van der Waals surface area contributed by atoms with Gasteiger partial charge in [0.1, 0.15) is 5.75 Å². The number of ether oxygens (including phenoxy) is 1. The fourth-order valence-electron chi connectivity index (χ4n) is 1.99. The first-order chi connectivity index (χ1) is 10.1. The van der Waals surface area contributed by atoms with Crippen molar-refractivity contribution < 1.29 is 14.6 Å². The second kappa shape index (κ2) is 7.18. The van der Waals surface area contributed by atoms with E-state index in [2.05, 4.69) is 25.1 Å². The maximum atomic E-state index is 10.7. The minimum atomic E-state index is -0.813. The summed E-state index contributed by atoms with van der Waals surface area (Å²) < 4.78 is 5.44. The number of rotatable bonds is 6.